The Balaban J connectivity index is 2.45. The number of hydrogen-bond acceptors (Lipinski definition) is 3. The highest BCUT2D eigenvalue weighted by Gasteiger charge is 2.40. The van der Waals surface area contributed by atoms with Gasteiger partial charge in [0.05, 0.1) is 4.90 Å². The second-order valence-electron chi connectivity index (χ2n) is 5.83. The third-order valence-corrected chi connectivity index (χ3v) is 6.20. The van der Waals surface area contributed by atoms with E-state index in [2.05, 4.69) is 0 Å². The van der Waals surface area contributed by atoms with E-state index in [1.807, 2.05) is 20.8 Å². The van der Waals surface area contributed by atoms with E-state index < -0.39 is 10.0 Å². The zero-order valence-corrected chi connectivity index (χ0v) is 13.6. The maximum atomic E-state index is 12.7. The predicted molar refractivity (Wildman–Crippen MR) is 84.3 cm³/mol. The first-order valence-corrected chi connectivity index (χ1v) is 8.44. The number of thiocarbonyl (C=S) groups is 1. The molecule has 0 saturated carbocycles. The minimum absolute atomic E-state index is 0.285. The molecule has 0 radical (unpaired) electrons. The first kappa shape index (κ1) is 15.4. The van der Waals surface area contributed by atoms with Crippen LogP contribution in [0, 0.1) is 6.92 Å². The van der Waals surface area contributed by atoms with Gasteiger partial charge in [0.25, 0.3) is 0 Å². The Kier molecular flexibility index (Phi) is 3.92. The molecule has 0 spiro atoms. The lowest BCUT2D eigenvalue weighted by Gasteiger charge is -2.30. The smallest absolute Gasteiger partial charge is 0.243 e. The van der Waals surface area contributed by atoms with Crippen molar-refractivity contribution in [1.82, 2.24) is 4.31 Å². The Morgan fingerprint density at radius 2 is 2.05 bits per heavy atom. The van der Waals surface area contributed by atoms with Crippen LogP contribution in [-0.4, -0.2) is 29.8 Å². The number of sulfonamides is 1. The van der Waals surface area contributed by atoms with Crippen molar-refractivity contribution in [2.24, 2.45) is 5.73 Å². The fourth-order valence-electron chi connectivity index (χ4n) is 2.73. The summed E-state index contributed by atoms with van der Waals surface area (Å²) in [7, 11) is -3.46. The van der Waals surface area contributed by atoms with Crippen LogP contribution in [0.2, 0.25) is 0 Å². The van der Waals surface area contributed by atoms with Gasteiger partial charge in [0.1, 0.15) is 4.99 Å². The van der Waals surface area contributed by atoms with Gasteiger partial charge in [-0.3, -0.25) is 0 Å². The normalized spacial score (nSPS) is 19.1. The Bertz CT molecular complexity index is 651. The Labute approximate surface area is 126 Å². The molecule has 1 aliphatic rings. The summed E-state index contributed by atoms with van der Waals surface area (Å²) >= 11 is 4.95. The maximum Gasteiger partial charge on any atom is 0.243 e. The van der Waals surface area contributed by atoms with E-state index >= 15 is 0 Å². The third kappa shape index (κ3) is 2.60. The van der Waals surface area contributed by atoms with Crippen LogP contribution in [-0.2, 0) is 10.0 Å². The van der Waals surface area contributed by atoms with E-state index in [1.165, 1.54) is 0 Å². The van der Waals surface area contributed by atoms with Crippen molar-refractivity contribution >= 4 is 27.2 Å². The van der Waals surface area contributed by atoms with Gasteiger partial charge in [-0.1, -0.05) is 18.3 Å². The van der Waals surface area contributed by atoms with Crippen molar-refractivity contribution in [2.75, 3.05) is 6.54 Å². The zero-order chi connectivity index (χ0) is 15.1. The number of hydrogen-bond donors (Lipinski definition) is 1. The molecule has 0 bridgehead atoms. The standard InChI is InChI=1S/C14H20N2O2S2/c1-10-9-11(5-6-12(10)13(15)19)20(17,18)16-8-4-7-14(16,2)3/h5-6,9H,4,7-8H2,1-3H3,(H2,15,19). The van der Waals surface area contributed by atoms with E-state index in [1.54, 1.807) is 22.5 Å². The molecule has 20 heavy (non-hydrogen) atoms. The lowest BCUT2D eigenvalue weighted by Crippen LogP contribution is -2.42. The summed E-state index contributed by atoms with van der Waals surface area (Å²) < 4.78 is 27.1. The minimum atomic E-state index is -3.46. The van der Waals surface area contributed by atoms with Crippen molar-refractivity contribution < 1.29 is 8.42 Å². The van der Waals surface area contributed by atoms with Gasteiger partial charge < -0.3 is 5.73 Å². The summed E-state index contributed by atoms with van der Waals surface area (Å²) in [6.07, 6.45) is 1.78. The maximum absolute atomic E-state index is 12.7. The fourth-order valence-corrected chi connectivity index (χ4v) is 4.89. The molecule has 0 atom stereocenters. The highest BCUT2D eigenvalue weighted by atomic mass is 32.2. The number of nitrogens with two attached hydrogens (primary N) is 1. The molecule has 6 heteroatoms. The molecule has 1 heterocycles. The highest BCUT2D eigenvalue weighted by Crippen LogP contribution is 2.34. The van der Waals surface area contributed by atoms with Gasteiger partial charge in [-0.2, -0.15) is 4.31 Å². The fraction of sp³-hybridized carbons (Fsp3) is 0.500. The van der Waals surface area contributed by atoms with Gasteiger partial charge >= 0.3 is 0 Å². The van der Waals surface area contributed by atoms with Crippen LogP contribution in [0.4, 0.5) is 0 Å². The van der Waals surface area contributed by atoms with Crippen LogP contribution in [0.5, 0.6) is 0 Å². The molecule has 0 unspecified atom stereocenters. The lowest BCUT2D eigenvalue weighted by atomic mass is 10.0. The molecule has 0 aromatic heterocycles. The van der Waals surface area contributed by atoms with Gasteiger partial charge in [-0.25, -0.2) is 8.42 Å². The molecule has 0 amide bonds. The van der Waals surface area contributed by atoms with Crippen molar-refractivity contribution in [3.63, 3.8) is 0 Å². The van der Waals surface area contributed by atoms with Gasteiger partial charge in [-0.05, 0) is 51.3 Å². The van der Waals surface area contributed by atoms with Crippen LogP contribution in [0.3, 0.4) is 0 Å². The van der Waals surface area contributed by atoms with E-state index in [0.717, 1.165) is 24.0 Å². The first-order valence-electron chi connectivity index (χ1n) is 6.59. The number of nitrogens with zero attached hydrogens (tertiary/aromatic N) is 1. The summed E-state index contributed by atoms with van der Waals surface area (Å²) in [4.78, 5) is 0.595. The molecule has 2 rings (SSSR count). The Hall–Kier alpha value is -0.980. The second kappa shape index (κ2) is 5.09. The molecule has 0 aliphatic carbocycles. The summed E-state index contributed by atoms with van der Waals surface area (Å²) in [6.45, 7) is 6.33. The van der Waals surface area contributed by atoms with Crippen LogP contribution in [0.1, 0.15) is 37.8 Å². The van der Waals surface area contributed by atoms with E-state index in [4.69, 9.17) is 18.0 Å². The number of rotatable bonds is 3. The van der Waals surface area contributed by atoms with E-state index in [0.29, 0.717) is 11.4 Å². The van der Waals surface area contributed by atoms with Crippen LogP contribution >= 0.6 is 12.2 Å². The number of benzene rings is 1. The van der Waals surface area contributed by atoms with Crippen molar-refractivity contribution in [2.45, 2.75) is 44.0 Å². The molecule has 1 aromatic carbocycles. The topological polar surface area (TPSA) is 63.4 Å². The van der Waals surface area contributed by atoms with Crippen molar-refractivity contribution in [1.29, 1.82) is 0 Å². The second-order valence-corrected chi connectivity index (χ2v) is 8.14. The molecular weight excluding hydrogens is 292 g/mol. The average Bonchev–Trinajstić information content (AvgIpc) is 2.68. The molecule has 4 nitrogen and oxygen atoms in total. The SMILES string of the molecule is Cc1cc(S(=O)(=O)N2CCCC2(C)C)ccc1C(N)=S. The van der Waals surface area contributed by atoms with Crippen LogP contribution in [0.15, 0.2) is 23.1 Å². The molecule has 1 saturated heterocycles. The van der Waals surface area contributed by atoms with Gasteiger partial charge in [0, 0.05) is 17.6 Å². The summed E-state index contributed by atoms with van der Waals surface area (Å²) in [5, 5.41) is 0. The van der Waals surface area contributed by atoms with Gasteiger partial charge in [-0.15, -0.1) is 0 Å². The van der Waals surface area contributed by atoms with Crippen molar-refractivity contribution in [3.8, 4) is 0 Å². The summed E-state index contributed by atoms with van der Waals surface area (Å²) in [6, 6.07) is 4.93. The zero-order valence-electron chi connectivity index (χ0n) is 12.0. The van der Waals surface area contributed by atoms with Gasteiger partial charge in [0.15, 0.2) is 0 Å². The quantitative estimate of drug-likeness (QED) is 0.869. The molecule has 1 aliphatic heterocycles. The molecular formula is C14H20N2O2S2. The van der Waals surface area contributed by atoms with Crippen LogP contribution < -0.4 is 5.73 Å². The summed E-state index contributed by atoms with van der Waals surface area (Å²) in [5.74, 6) is 0. The first-order chi connectivity index (χ1) is 9.16. The summed E-state index contributed by atoms with van der Waals surface area (Å²) in [5.41, 5.74) is 6.80. The molecule has 2 N–H and O–H groups in total. The van der Waals surface area contributed by atoms with E-state index in [-0.39, 0.29) is 10.5 Å². The van der Waals surface area contributed by atoms with Crippen molar-refractivity contribution in [3.05, 3.63) is 29.3 Å². The Morgan fingerprint density at radius 1 is 1.40 bits per heavy atom. The highest BCUT2D eigenvalue weighted by molar-refractivity contribution is 7.89. The number of aryl methyl sites for hydroxylation is 1. The predicted octanol–water partition coefficient (Wildman–Crippen LogP) is 2.19. The largest absolute Gasteiger partial charge is 0.389 e. The molecule has 110 valence electrons. The molecule has 1 aromatic rings. The third-order valence-electron chi connectivity index (χ3n) is 3.88. The van der Waals surface area contributed by atoms with Gasteiger partial charge in [0.2, 0.25) is 10.0 Å². The molecule has 1 fully saturated rings. The van der Waals surface area contributed by atoms with Crippen LogP contribution in [0.25, 0.3) is 0 Å². The Morgan fingerprint density at radius 3 is 2.50 bits per heavy atom. The lowest BCUT2D eigenvalue weighted by molar-refractivity contribution is 0.291. The monoisotopic (exact) mass is 312 g/mol. The van der Waals surface area contributed by atoms with E-state index in [9.17, 15) is 8.42 Å². The average molecular weight is 312 g/mol. The minimum Gasteiger partial charge on any atom is -0.389 e.